The number of fused-ring (bicyclic) bond motifs is 3. The molecule has 6 amide bonds. The molecule has 1 unspecified atom stereocenters. The lowest BCUT2D eigenvalue weighted by Gasteiger charge is -2.44. The van der Waals surface area contributed by atoms with E-state index in [1.54, 1.807) is 19.1 Å². The van der Waals surface area contributed by atoms with Crippen molar-refractivity contribution in [3.05, 3.63) is 206 Å². The van der Waals surface area contributed by atoms with Gasteiger partial charge in [0.2, 0.25) is 23.6 Å². The fourth-order valence-electron chi connectivity index (χ4n) is 18.0. The van der Waals surface area contributed by atoms with Crippen LogP contribution in [0.25, 0.3) is 6.08 Å². The molecule has 0 bridgehead atoms. The van der Waals surface area contributed by atoms with Gasteiger partial charge in [-0.3, -0.25) is 24.2 Å². The van der Waals surface area contributed by atoms with Crippen LogP contribution in [0, 0.1) is 54.2 Å². The topological polar surface area (TPSA) is 176 Å². The average Bonchev–Trinajstić information content (AvgIpc) is 1.58. The van der Waals surface area contributed by atoms with Gasteiger partial charge in [0.05, 0.1) is 17.7 Å². The highest BCUT2D eigenvalue weighted by molar-refractivity contribution is 6.31. The maximum absolute atomic E-state index is 13.7. The number of carbonyl (C=O) groups is 5. The van der Waals surface area contributed by atoms with E-state index in [9.17, 15) is 54.7 Å². The molecule has 6 aromatic rings. The zero-order chi connectivity index (χ0) is 79.3. The highest BCUT2D eigenvalue weighted by atomic mass is 35.5. The Balaban J connectivity index is 0.000000156. The number of halogens is 8. The lowest BCUT2D eigenvalue weighted by Crippen LogP contribution is -2.49. The second kappa shape index (κ2) is 37.7. The van der Waals surface area contributed by atoms with Crippen LogP contribution >= 0.6 is 11.6 Å². The molecule has 15 nitrogen and oxygen atoms in total. The van der Waals surface area contributed by atoms with Crippen molar-refractivity contribution >= 4 is 64.9 Å². The van der Waals surface area contributed by atoms with Crippen LogP contribution in [0.5, 0.6) is 0 Å². The summed E-state index contributed by atoms with van der Waals surface area (Å²) < 4.78 is 92.4. The number of amides is 6. The molecule has 14 rings (SSSR count). The first-order valence-electron chi connectivity index (χ1n) is 40.4. The number of allylic oxidation sites excluding steroid dienone is 1. The number of hydrogen-bond acceptors (Lipinski definition) is 9. The number of urea groups is 1. The van der Waals surface area contributed by atoms with Crippen LogP contribution in [0.15, 0.2) is 138 Å². The number of rotatable bonds is 22. The maximum Gasteiger partial charge on any atom is 0.416 e. The minimum atomic E-state index is -4.92. The van der Waals surface area contributed by atoms with E-state index in [-0.39, 0.29) is 82.9 Å². The average molecular weight is 1570 g/mol. The number of carbonyl (C=O) groups excluding carboxylic acids is 5. The van der Waals surface area contributed by atoms with Gasteiger partial charge < -0.3 is 46.2 Å². The molecule has 5 heterocycles. The van der Waals surface area contributed by atoms with Crippen LogP contribution in [0.1, 0.15) is 176 Å². The number of piperidine rings is 4. The largest absolute Gasteiger partial charge is 0.416 e. The van der Waals surface area contributed by atoms with Gasteiger partial charge in [0.25, 0.3) is 0 Å². The van der Waals surface area contributed by atoms with Gasteiger partial charge in [0, 0.05) is 104 Å². The first kappa shape index (κ1) is 83.0. The van der Waals surface area contributed by atoms with Crippen molar-refractivity contribution in [2.24, 2.45) is 52.2 Å². The number of likely N-dealkylation sites (tertiary alicyclic amines) is 4. The van der Waals surface area contributed by atoms with Crippen LogP contribution in [-0.4, -0.2) is 140 Å². The molecule has 0 aromatic heterocycles. The third-order valence-electron chi connectivity index (χ3n) is 24.7. The number of benzene rings is 6. The summed E-state index contributed by atoms with van der Waals surface area (Å²) in [4.78, 5) is 78.1. The number of alkyl halides is 6. The molecule has 1 spiro atoms. The standard InChI is InChI=1S/C31H41ClN4O3.C30H32F6N2O.C28H35FN4O/c1-22-4-9-28(21-29(22)32)36(31(39)27-12-18-35(19-13-27)23(2)37)15-3-14-34-16-10-25(11-17-34)20-24-5-7-26(8-6-24)30(33)38;1-19-18-38(13-11-28(19)10-8-22-4-2-3-5-26(22)28)12-9-25(21-6-7-21)27(39)37-17-20-14-23(29(31,32)33)16-24(15-20)30(34,35)36;29-25-10-7-20(8-11-25)14-21-4-3-13-33(18-21)19-23-5-1-2-6-27(23)32-28(34)31-26-12-9-22-16-30-17-24(22)15-26/h4-9,21,25,27H,3,10-20H2,1-2H3,(H2,33,38);2-5,8,10,14-16,19,21,25H,6-7,9,11-13,17-18H2,1H3,(H,37,39);7-12,15,17,21,23,27H,1-6,13-14,16,18-19H2,(H2,31,32,34)/t;19-,25-,28-;21?,23-,27+/m.00/s1. The molecule has 112 heavy (non-hydrogen) atoms. The molecular formula is C89H108ClF7N10O5. The van der Waals surface area contributed by atoms with E-state index >= 15 is 0 Å². The van der Waals surface area contributed by atoms with E-state index in [0.717, 1.165) is 146 Å². The van der Waals surface area contributed by atoms with Crippen LogP contribution in [0.2, 0.25) is 5.02 Å². The molecule has 6 fully saturated rings. The van der Waals surface area contributed by atoms with E-state index in [0.29, 0.717) is 85.3 Å². The number of nitrogens with one attached hydrogen (secondary N) is 3. The van der Waals surface area contributed by atoms with Gasteiger partial charge in [-0.15, -0.1) is 0 Å². The van der Waals surface area contributed by atoms with Gasteiger partial charge in [0.15, 0.2) is 0 Å². The summed E-state index contributed by atoms with van der Waals surface area (Å²) in [5.74, 6) is 1.29. The van der Waals surface area contributed by atoms with Gasteiger partial charge in [-0.2, -0.15) is 26.3 Å². The predicted molar refractivity (Wildman–Crippen MR) is 427 cm³/mol. The van der Waals surface area contributed by atoms with Gasteiger partial charge in [-0.1, -0.05) is 104 Å². The Kier molecular flexibility index (Phi) is 27.9. The van der Waals surface area contributed by atoms with Crippen molar-refractivity contribution in [3.63, 3.8) is 0 Å². The predicted octanol–water partition coefficient (Wildman–Crippen LogP) is 17.1. The first-order valence-corrected chi connectivity index (χ1v) is 40.8. The van der Waals surface area contributed by atoms with E-state index in [4.69, 9.17) is 17.3 Å². The number of nitrogens with zero attached hydrogens (tertiary/aromatic N) is 6. The smallest absolute Gasteiger partial charge is 0.366 e. The van der Waals surface area contributed by atoms with Crippen molar-refractivity contribution in [2.75, 3.05) is 88.8 Å². The maximum atomic E-state index is 13.7. The number of primary amides is 1. The number of hydrogen-bond donors (Lipinski definition) is 4. The van der Waals surface area contributed by atoms with E-state index in [1.807, 2.05) is 102 Å². The number of anilines is 2. The lowest BCUT2D eigenvalue weighted by atomic mass is 9.68. The molecule has 6 aromatic carbocycles. The Morgan fingerprint density at radius 3 is 2.06 bits per heavy atom. The SMILES string of the molecule is CC(=O)N1CCC(C(=O)N(CCCN2CCC(Cc3ccc(C(N)=O)cc3)CC2)c2ccc(C)c(Cl)c2)CC1.C[C@H]1CN(CC[C@H](C(=O)NCc2cc(C(F)(F)F)cc(C(F)(F)F)c2)C2CC2)CC[C@@]12C=Cc1ccccc12.O=C(Nc1ccc2c(c1)C=NC2)N[C@@H]1CCCC[C@H]1CN1CCCC(Cc2ccc(F)cc2)C1. The van der Waals surface area contributed by atoms with E-state index < -0.39 is 23.5 Å². The minimum Gasteiger partial charge on any atom is -0.366 e. The van der Waals surface area contributed by atoms with E-state index in [1.165, 1.54) is 59.9 Å². The fraction of sp³-hybridized carbons (Fsp3) is 0.506. The Morgan fingerprint density at radius 2 is 1.38 bits per heavy atom. The molecule has 2 saturated carbocycles. The van der Waals surface area contributed by atoms with E-state index in [2.05, 4.69) is 72.9 Å². The summed E-state index contributed by atoms with van der Waals surface area (Å²) >= 11 is 6.44. The summed E-state index contributed by atoms with van der Waals surface area (Å²) in [7, 11) is 0. The van der Waals surface area contributed by atoms with Crippen LogP contribution in [0.3, 0.4) is 0 Å². The van der Waals surface area contributed by atoms with Gasteiger partial charge in [-0.05, 0) is 283 Å². The number of aliphatic imine (C=N–C) groups is 1. The number of aryl methyl sites for hydroxylation is 1. The Bertz CT molecular complexity index is 4260. The zero-order valence-corrected chi connectivity index (χ0v) is 65.5. The number of nitrogens with two attached hydrogens (primary N) is 1. The lowest BCUT2D eigenvalue weighted by molar-refractivity contribution is -0.143. The summed E-state index contributed by atoms with van der Waals surface area (Å²) in [5.41, 5.74) is 13.0. The summed E-state index contributed by atoms with van der Waals surface area (Å²) in [6, 6.07) is 36.5. The summed E-state index contributed by atoms with van der Waals surface area (Å²) in [5, 5.41) is 9.61. The van der Waals surface area contributed by atoms with Crippen molar-refractivity contribution in [1.29, 1.82) is 0 Å². The third-order valence-corrected chi connectivity index (χ3v) is 25.1. The highest BCUT2D eigenvalue weighted by Gasteiger charge is 2.45. The molecule has 3 aliphatic carbocycles. The third kappa shape index (κ3) is 22.3. The summed E-state index contributed by atoms with van der Waals surface area (Å²) in [6.45, 7) is 16.9. The molecule has 0 radical (unpaired) electrons. The first-order chi connectivity index (χ1) is 53.7. The highest BCUT2D eigenvalue weighted by Crippen LogP contribution is 2.48. The summed E-state index contributed by atoms with van der Waals surface area (Å²) in [6.07, 6.45) is 13.6. The van der Waals surface area contributed by atoms with Crippen molar-refractivity contribution < 1.29 is 54.7 Å². The van der Waals surface area contributed by atoms with Crippen molar-refractivity contribution in [3.8, 4) is 0 Å². The molecule has 8 aliphatic rings. The monoisotopic (exact) mass is 1560 g/mol. The molecular weight excluding hydrogens is 1460 g/mol. The molecule has 6 atom stereocenters. The zero-order valence-electron chi connectivity index (χ0n) is 64.7. The van der Waals surface area contributed by atoms with Crippen molar-refractivity contribution in [2.45, 2.75) is 167 Å². The normalized spacial score (nSPS) is 21.9. The Morgan fingerprint density at radius 1 is 0.688 bits per heavy atom. The van der Waals surface area contributed by atoms with Crippen LogP contribution in [-0.2, 0) is 58.1 Å². The van der Waals surface area contributed by atoms with Gasteiger partial charge >= 0.3 is 18.4 Å². The van der Waals surface area contributed by atoms with Crippen LogP contribution in [0.4, 0.5) is 46.9 Å². The second-order valence-electron chi connectivity index (χ2n) is 32.6. The Labute approximate surface area is 659 Å². The van der Waals surface area contributed by atoms with Gasteiger partial charge in [0.1, 0.15) is 5.82 Å². The quantitative estimate of drug-likeness (QED) is 0.0486. The fourth-order valence-corrected chi connectivity index (χ4v) is 18.2. The molecule has 4 saturated heterocycles. The van der Waals surface area contributed by atoms with Crippen LogP contribution < -0.4 is 26.6 Å². The van der Waals surface area contributed by atoms with Crippen molar-refractivity contribution in [1.82, 2.24) is 30.2 Å². The van der Waals surface area contributed by atoms with Gasteiger partial charge in [-0.25, -0.2) is 9.18 Å². The second-order valence-corrected chi connectivity index (χ2v) is 33.0. The Hall–Kier alpha value is -8.44. The molecule has 5 aliphatic heterocycles. The minimum absolute atomic E-state index is 0.0284. The molecule has 600 valence electrons. The molecule has 23 heteroatoms. The molecule has 5 N–H and O–H groups in total.